The molecular weight excluding hydrogens is 300 g/mol. The van der Waals surface area contributed by atoms with E-state index in [1.54, 1.807) is 24.3 Å². The summed E-state index contributed by atoms with van der Waals surface area (Å²) < 4.78 is 0. The van der Waals surface area contributed by atoms with Gasteiger partial charge in [0.1, 0.15) is 5.75 Å². The summed E-state index contributed by atoms with van der Waals surface area (Å²) in [5.41, 5.74) is 5.30. The highest BCUT2D eigenvalue weighted by atomic mass is 16.3. The lowest BCUT2D eigenvalue weighted by Crippen LogP contribution is -2.01. The van der Waals surface area contributed by atoms with Crippen LogP contribution < -0.4 is 5.43 Å². The second kappa shape index (κ2) is 7.69. The average molecular weight is 316 g/mol. The van der Waals surface area contributed by atoms with Gasteiger partial charge in [0.05, 0.1) is 11.4 Å². The number of nitrogens with one attached hydrogen (secondary N) is 1. The molecule has 0 saturated carbocycles. The van der Waals surface area contributed by atoms with Crippen molar-refractivity contribution >= 4 is 17.2 Å². The van der Waals surface area contributed by atoms with Crippen molar-refractivity contribution in [1.82, 2.24) is 0 Å². The van der Waals surface area contributed by atoms with Crippen LogP contribution in [0.3, 0.4) is 0 Å². The number of anilines is 1. The molecular formula is C19H16N4O. The number of phenolic OH excluding ortho intramolecular Hbond substituents is 1. The van der Waals surface area contributed by atoms with Crippen LogP contribution in [0.25, 0.3) is 0 Å². The van der Waals surface area contributed by atoms with Gasteiger partial charge in [0, 0.05) is 5.56 Å². The summed E-state index contributed by atoms with van der Waals surface area (Å²) in [6.07, 6.45) is 0. The molecule has 0 fully saturated rings. The predicted molar refractivity (Wildman–Crippen MR) is 95.7 cm³/mol. The summed E-state index contributed by atoms with van der Waals surface area (Å²) in [7, 11) is 0. The number of rotatable bonds is 4. The molecule has 0 radical (unpaired) electrons. The summed E-state index contributed by atoms with van der Waals surface area (Å²) in [6.45, 7) is 0. The maximum atomic E-state index is 9.44. The molecule has 24 heavy (non-hydrogen) atoms. The maximum absolute atomic E-state index is 9.44. The molecule has 0 heterocycles. The molecule has 3 aromatic carbocycles. The van der Waals surface area contributed by atoms with E-state index in [0.717, 1.165) is 16.9 Å². The third kappa shape index (κ3) is 4.27. The minimum Gasteiger partial charge on any atom is -0.508 e. The highest BCUT2D eigenvalue weighted by Gasteiger charge is 2.03. The molecule has 0 bridgehead atoms. The Morgan fingerprint density at radius 3 is 2.04 bits per heavy atom. The molecule has 0 saturated heterocycles. The number of amidine groups is 1. The Balaban J connectivity index is 1.88. The minimum atomic E-state index is 0.189. The number of para-hydroxylation sites is 1. The van der Waals surface area contributed by atoms with Crippen molar-refractivity contribution in [2.24, 2.45) is 15.3 Å². The van der Waals surface area contributed by atoms with Gasteiger partial charge in [0.15, 0.2) is 0 Å². The largest absolute Gasteiger partial charge is 0.508 e. The molecule has 5 nitrogen and oxygen atoms in total. The summed E-state index contributed by atoms with van der Waals surface area (Å²) in [5, 5.41) is 22.2. The zero-order valence-electron chi connectivity index (χ0n) is 12.9. The van der Waals surface area contributed by atoms with Gasteiger partial charge in [-0.25, -0.2) is 0 Å². The number of aromatic hydroxyl groups is 1. The average Bonchev–Trinajstić information content (AvgIpc) is 2.64. The van der Waals surface area contributed by atoms with Crippen LogP contribution in [0.15, 0.2) is 100 Å². The molecule has 0 aromatic heterocycles. The Morgan fingerprint density at radius 2 is 1.38 bits per heavy atom. The lowest BCUT2D eigenvalue weighted by molar-refractivity contribution is 0.475. The second-order valence-corrected chi connectivity index (χ2v) is 5.00. The lowest BCUT2D eigenvalue weighted by atomic mass is 10.2. The van der Waals surface area contributed by atoms with E-state index in [1.165, 1.54) is 0 Å². The standard InChI is InChI=1S/C19H16N4O/c24-18-13-11-15(12-14-18)19(22-20-16-7-3-1-4-8-16)23-21-17-9-5-2-6-10-17/h1-14,20,24H. The first-order valence-electron chi connectivity index (χ1n) is 7.46. The molecule has 0 aliphatic rings. The predicted octanol–water partition coefficient (Wildman–Crippen LogP) is 4.95. The van der Waals surface area contributed by atoms with Gasteiger partial charge in [-0.2, -0.15) is 5.10 Å². The number of nitrogens with zero attached hydrogens (tertiary/aromatic N) is 3. The van der Waals surface area contributed by atoms with Crippen molar-refractivity contribution in [2.45, 2.75) is 0 Å². The van der Waals surface area contributed by atoms with Gasteiger partial charge in [-0.15, -0.1) is 10.2 Å². The van der Waals surface area contributed by atoms with E-state index in [-0.39, 0.29) is 5.75 Å². The highest BCUT2D eigenvalue weighted by Crippen LogP contribution is 2.15. The second-order valence-electron chi connectivity index (χ2n) is 5.00. The van der Waals surface area contributed by atoms with E-state index in [4.69, 9.17) is 0 Å². The number of hydrazone groups is 1. The molecule has 0 atom stereocenters. The quantitative estimate of drug-likeness (QED) is 0.309. The SMILES string of the molecule is Oc1ccc(C(N=Nc2ccccc2)=NNc2ccccc2)cc1. The molecule has 3 rings (SSSR count). The van der Waals surface area contributed by atoms with Crippen LogP contribution in [-0.4, -0.2) is 10.9 Å². The van der Waals surface area contributed by atoms with Crippen LogP contribution in [0, 0.1) is 0 Å². The number of phenols is 1. The fourth-order valence-corrected chi connectivity index (χ4v) is 1.99. The van der Waals surface area contributed by atoms with Gasteiger partial charge >= 0.3 is 0 Å². The van der Waals surface area contributed by atoms with Crippen molar-refractivity contribution in [3.63, 3.8) is 0 Å². The third-order valence-corrected chi connectivity index (χ3v) is 3.21. The number of benzene rings is 3. The first-order chi connectivity index (χ1) is 11.8. The van der Waals surface area contributed by atoms with Gasteiger partial charge in [0.25, 0.3) is 0 Å². The first kappa shape index (κ1) is 15.4. The topological polar surface area (TPSA) is 69.3 Å². The monoisotopic (exact) mass is 316 g/mol. The van der Waals surface area contributed by atoms with Crippen molar-refractivity contribution in [3.05, 3.63) is 90.5 Å². The van der Waals surface area contributed by atoms with Gasteiger partial charge in [-0.05, 0) is 48.5 Å². The fourth-order valence-electron chi connectivity index (χ4n) is 1.99. The summed E-state index contributed by atoms with van der Waals surface area (Å²) in [4.78, 5) is 0. The number of hydrogen-bond donors (Lipinski definition) is 2. The summed E-state index contributed by atoms with van der Waals surface area (Å²) >= 11 is 0. The van der Waals surface area contributed by atoms with Crippen LogP contribution in [0.4, 0.5) is 11.4 Å². The Labute approximate surface area is 140 Å². The van der Waals surface area contributed by atoms with Crippen molar-refractivity contribution in [1.29, 1.82) is 0 Å². The van der Waals surface area contributed by atoms with E-state index in [2.05, 4.69) is 20.8 Å². The highest BCUT2D eigenvalue weighted by molar-refractivity contribution is 5.99. The van der Waals surface area contributed by atoms with Crippen LogP contribution in [0.5, 0.6) is 5.75 Å². The molecule has 5 heteroatoms. The smallest absolute Gasteiger partial charge is 0.201 e. The fraction of sp³-hybridized carbons (Fsp3) is 0. The molecule has 0 unspecified atom stereocenters. The van der Waals surface area contributed by atoms with Crippen LogP contribution >= 0.6 is 0 Å². The molecule has 2 N–H and O–H groups in total. The first-order valence-corrected chi connectivity index (χ1v) is 7.46. The number of hydrogen-bond acceptors (Lipinski definition) is 4. The normalized spacial score (nSPS) is 11.6. The zero-order chi connectivity index (χ0) is 16.6. The molecule has 118 valence electrons. The third-order valence-electron chi connectivity index (χ3n) is 3.21. The molecule has 0 amide bonds. The van der Waals surface area contributed by atoms with Crippen molar-refractivity contribution in [3.8, 4) is 5.75 Å². The van der Waals surface area contributed by atoms with Crippen LogP contribution in [-0.2, 0) is 0 Å². The van der Waals surface area contributed by atoms with E-state index in [0.29, 0.717) is 5.84 Å². The van der Waals surface area contributed by atoms with Gasteiger partial charge < -0.3 is 5.11 Å². The molecule has 0 spiro atoms. The van der Waals surface area contributed by atoms with Crippen molar-refractivity contribution in [2.75, 3.05) is 5.43 Å². The van der Waals surface area contributed by atoms with Crippen LogP contribution in [0.2, 0.25) is 0 Å². The Morgan fingerprint density at radius 1 is 0.750 bits per heavy atom. The Hall–Kier alpha value is -3.47. The van der Waals surface area contributed by atoms with Crippen LogP contribution in [0.1, 0.15) is 5.56 Å². The van der Waals surface area contributed by atoms with E-state index >= 15 is 0 Å². The van der Waals surface area contributed by atoms with E-state index < -0.39 is 0 Å². The zero-order valence-corrected chi connectivity index (χ0v) is 12.9. The van der Waals surface area contributed by atoms with Gasteiger partial charge in [0.2, 0.25) is 5.84 Å². The van der Waals surface area contributed by atoms with Gasteiger partial charge in [-0.3, -0.25) is 5.43 Å². The maximum Gasteiger partial charge on any atom is 0.201 e. The molecule has 0 aliphatic carbocycles. The lowest BCUT2D eigenvalue weighted by Gasteiger charge is -2.03. The summed E-state index contributed by atoms with van der Waals surface area (Å²) in [6, 6.07) is 25.7. The van der Waals surface area contributed by atoms with Crippen molar-refractivity contribution < 1.29 is 5.11 Å². The molecule has 3 aromatic rings. The van der Waals surface area contributed by atoms with Gasteiger partial charge in [-0.1, -0.05) is 36.4 Å². The summed E-state index contributed by atoms with van der Waals surface area (Å²) in [5.74, 6) is 0.608. The molecule has 0 aliphatic heterocycles. The Kier molecular flexibility index (Phi) is 4.94. The number of azo groups is 1. The van der Waals surface area contributed by atoms with E-state index in [1.807, 2.05) is 60.7 Å². The Bertz CT molecular complexity index is 828. The minimum absolute atomic E-state index is 0.189. The van der Waals surface area contributed by atoms with E-state index in [9.17, 15) is 5.11 Å².